The minimum absolute atomic E-state index is 0.291. The molecule has 0 N–H and O–H groups in total. The van der Waals surface area contributed by atoms with Crippen LogP contribution in [0, 0.1) is 5.92 Å². The van der Waals surface area contributed by atoms with Gasteiger partial charge in [0.15, 0.2) is 6.17 Å². The Hall–Kier alpha value is -1.17. The maximum Gasteiger partial charge on any atom is 0.305 e. The van der Waals surface area contributed by atoms with E-state index in [4.69, 9.17) is 14.2 Å². The van der Waals surface area contributed by atoms with Crippen molar-refractivity contribution in [3.05, 3.63) is 0 Å². The summed E-state index contributed by atoms with van der Waals surface area (Å²) in [6.07, 6.45) is -3.64. The van der Waals surface area contributed by atoms with Crippen molar-refractivity contribution in [1.29, 1.82) is 0 Å². The summed E-state index contributed by atoms with van der Waals surface area (Å²) in [6, 6.07) is 0. The highest BCUT2D eigenvalue weighted by atomic mass is 19.1. The lowest BCUT2D eigenvalue weighted by atomic mass is 9.90. The van der Waals surface area contributed by atoms with Gasteiger partial charge in [0.2, 0.25) is 6.29 Å². The van der Waals surface area contributed by atoms with Gasteiger partial charge < -0.3 is 14.2 Å². The fourth-order valence-electron chi connectivity index (χ4n) is 2.12. The van der Waals surface area contributed by atoms with Crippen molar-refractivity contribution >= 4 is 11.9 Å². The zero-order valence-corrected chi connectivity index (χ0v) is 11.0. The quantitative estimate of drug-likeness (QED) is 0.723. The first kappa shape index (κ1) is 14.9. The van der Waals surface area contributed by atoms with Crippen LogP contribution in [-0.4, -0.2) is 36.6 Å². The minimum atomic E-state index is -1.67. The number of halogens is 1. The summed E-state index contributed by atoms with van der Waals surface area (Å²) < 4.78 is 29.2. The molecular weight excluding hydrogens is 243 g/mol. The molecule has 1 heterocycles. The van der Waals surface area contributed by atoms with Crippen molar-refractivity contribution < 1.29 is 28.2 Å². The molecule has 0 radical (unpaired) electrons. The van der Waals surface area contributed by atoms with Crippen LogP contribution in [0.15, 0.2) is 0 Å². The predicted octanol–water partition coefficient (Wildman–Crippen LogP) is 1.59. The normalized spacial score (nSPS) is 35.9. The maximum absolute atomic E-state index is 14.1. The smallest absolute Gasteiger partial charge is 0.305 e. The van der Waals surface area contributed by atoms with Gasteiger partial charge in [0.05, 0.1) is 6.10 Å². The van der Waals surface area contributed by atoms with Crippen molar-refractivity contribution in [3.63, 3.8) is 0 Å². The molecule has 1 aliphatic heterocycles. The number of hydrogen-bond donors (Lipinski definition) is 0. The summed E-state index contributed by atoms with van der Waals surface area (Å²) in [5.41, 5.74) is 0. The molecule has 1 unspecified atom stereocenters. The summed E-state index contributed by atoms with van der Waals surface area (Å²) in [5.74, 6) is -1.48. The first-order chi connectivity index (χ1) is 8.36. The van der Waals surface area contributed by atoms with Gasteiger partial charge in [-0.15, -0.1) is 0 Å². The molecule has 18 heavy (non-hydrogen) atoms. The van der Waals surface area contributed by atoms with Gasteiger partial charge in [-0.3, -0.25) is 9.59 Å². The van der Waals surface area contributed by atoms with Crippen LogP contribution in [0.5, 0.6) is 0 Å². The van der Waals surface area contributed by atoms with E-state index in [2.05, 4.69) is 0 Å². The molecule has 0 aromatic heterocycles. The Labute approximate surface area is 106 Å². The summed E-state index contributed by atoms with van der Waals surface area (Å²) in [6.45, 7) is 6.01. The van der Waals surface area contributed by atoms with E-state index in [1.807, 2.05) is 6.92 Å². The monoisotopic (exact) mass is 262 g/mol. The third-order valence-electron chi connectivity index (χ3n) is 2.97. The average molecular weight is 262 g/mol. The fourth-order valence-corrected chi connectivity index (χ4v) is 2.12. The molecule has 5 atom stereocenters. The Morgan fingerprint density at radius 2 is 1.78 bits per heavy atom. The first-order valence-electron chi connectivity index (χ1n) is 6.00. The van der Waals surface area contributed by atoms with Gasteiger partial charge in [-0.2, -0.15) is 0 Å². The molecule has 5 nitrogen and oxygen atoms in total. The average Bonchev–Trinajstić information content (AvgIpc) is 2.27. The highest BCUT2D eigenvalue weighted by molar-refractivity contribution is 5.66. The van der Waals surface area contributed by atoms with Crippen molar-refractivity contribution in [3.8, 4) is 0 Å². The van der Waals surface area contributed by atoms with E-state index in [9.17, 15) is 14.0 Å². The lowest BCUT2D eigenvalue weighted by Gasteiger charge is -2.40. The number of alkyl halides is 1. The third kappa shape index (κ3) is 3.41. The van der Waals surface area contributed by atoms with Gasteiger partial charge in [-0.1, -0.05) is 13.8 Å². The van der Waals surface area contributed by atoms with Crippen LogP contribution in [-0.2, 0) is 23.8 Å². The first-order valence-corrected chi connectivity index (χ1v) is 6.00. The molecular formula is C12H19FO5. The zero-order valence-electron chi connectivity index (χ0n) is 11.0. The van der Waals surface area contributed by atoms with E-state index in [1.54, 1.807) is 6.92 Å². The lowest BCUT2D eigenvalue weighted by Crippen LogP contribution is -2.54. The number of carbonyl (C=O) groups excluding carboxylic acids is 2. The maximum atomic E-state index is 14.1. The van der Waals surface area contributed by atoms with E-state index in [0.717, 1.165) is 0 Å². The molecule has 0 bridgehead atoms. The van der Waals surface area contributed by atoms with E-state index in [-0.39, 0.29) is 12.0 Å². The van der Waals surface area contributed by atoms with Crippen molar-refractivity contribution in [2.75, 3.05) is 0 Å². The van der Waals surface area contributed by atoms with E-state index >= 15 is 0 Å². The molecule has 1 saturated heterocycles. The number of carbonyl (C=O) groups is 2. The van der Waals surface area contributed by atoms with Gasteiger partial charge in [0, 0.05) is 19.8 Å². The second-order valence-corrected chi connectivity index (χ2v) is 4.44. The van der Waals surface area contributed by atoms with Crippen LogP contribution in [0.2, 0.25) is 0 Å². The van der Waals surface area contributed by atoms with E-state index in [0.29, 0.717) is 6.42 Å². The van der Waals surface area contributed by atoms with Crippen LogP contribution < -0.4 is 0 Å². The Bertz CT molecular complexity index is 320. The Kier molecular flexibility index (Phi) is 5.07. The van der Waals surface area contributed by atoms with Gasteiger partial charge in [-0.05, 0) is 6.42 Å². The largest absolute Gasteiger partial charge is 0.459 e. The third-order valence-corrected chi connectivity index (χ3v) is 2.97. The molecule has 1 aliphatic rings. The topological polar surface area (TPSA) is 61.8 Å². The lowest BCUT2D eigenvalue weighted by molar-refractivity contribution is -0.262. The summed E-state index contributed by atoms with van der Waals surface area (Å²) in [7, 11) is 0. The summed E-state index contributed by atoms with van der Waals surface area (Å²) in [5, 5.41) is 0. The zero-order chi connectivity index (χ0) is 13.9. The minimum Gasteiger partial charge on any atom is -0.459 e. The van der Waals surface area contributed by atoms with Gasteiger partial charge in [-0.25, -0.2) is 4.39 Å². The summed E-state index contributed by atoms with van der Waals surface area (Å²) in [4.78, 5) is 21.9. The Morgan fingerprint density at radius 1 is 1.22 bits per heavy atom. The standard InChI is InChI=1S/C12H19FO5/c1-5-9-6(2)11(16-7(3)14)10(13)12(18-9)17-8(4)15/h6,9-12H,5H2,1-4H3/t6-,9?,10+,11+,12+/m1/s1. The summed E-state index contributed by atoms with van der Waals surface area (Å²) >= 11 is 0. The Balaban J connectivity index is 2.84. The molecule has 0 aromatic carbocycles. The highest BCUT2D eigenvalue weighted by Gasteiger charge is 2.47. The van der Waals surface area contributed by atoms with Crippen molar-refractivity contribution in [2.45, 2.75) is 58.8 Å². The van der Waals surface area contributed by atoms with Crippen molar-refractivity contribution in [2.24, 2.45) is 5.92 Å². The number of esters is 2. The molecule has 0 aromatic rings. The fraction of sp³-hybridized carbons (Fsp3) is 0.833. The van der Waals surface area contributed by atoms with Gasteiger partial charge in [0.1, 0.15) is 6.10 Å². The molecule has 0 aliphatic carbocycles. The van der Waals surface area contributed by atoms with Crippen LogP contribution in [0.1, 0.15) is 34.1 Å². The Morgan fingerprint density at radius 3 is 2.22 bits per heavy atom. The molecule has 6 heteroatoms. The number of hydrogen-bond acceptors (Lipinski definition) is 5. The van der Waals surface area contributed by atoms with Crippen LogP contribution in [0.4, 0.5) is 4.39 Å². The highest BCUT2D eigenvalue weighted by Crippen LogP contribution is 2.32. The van der Waals surface area contributed by atoms with Crippen molar-refractivity contribution in [1.82, 2.24) is 0 Å². The van der Waals surface area contributed by atoms with E-state index < -0.39 is 30.5 Å². The molecule has 0 saturated carbocycles. The molecule has 0 spiro atoms. The SMILES string of the molecule is CCC1O[C@H](OC(C)=O)[C@@H](F)[C@@H](OC(C)=O)[C@@H]1C. The van der Waals surface area contributed by atoms with Crippen LogP contribution in [0.25, 0.3) is 0 Å². The van der Waals surface area contributed by atoms with Crippen LogP contribution >= 0.6 is 0 Å². The second kappa shape index (κ2) is 6.13. The molecule has 104 valence electrons. The predicted molar refractivity (Wildman–Crippen MR) is 60.3 cm³/mol. The van der Waals surface area contributed by atoms with E-state index in [1.165, 1.54) is 13.8 Å². The van der Waals surface area contributed by atoms with Crippen LogP contribution in [0.3, 0.4) is 0 Å². The number of ether oxygens (including phenoxy) is 3. The number of rotatable bonds is 3. The second-order valence-electron chi connectivity index (χ2n) is 4.44. The molecule has 1 rings (SSSR count). The molecule has 1 fully saturated rings. The molecule has 0 amide bonds. The van der Waals surface area contributed by atoms with Gasteiger partial charge >= 0.3 is 11.9 Å². The van der Waals surface area contributed by atoms with Gasteiger partial charge in [0.25, 0.3) is 0 Å².